The Morgan fingerprint density at radius 1 is 1.16 bits per heavy atom. The highest BCUT2D eigenvalue weighted by Gasteiger charge is 2.30. The number of rotatable bonds is 10. The predicted octanol–water partition coefficient (Wildman–Crippen LogP) is 4.35. The molecule has 7 nitrogen and oxygen atoms in total. The largest absolute Gasteiger partial charge is 0.495 e. The summed E-state index contributed by atoms with van der Waals surface area (Å²) in [5, 5.41) is 11.9. The zero-order chi connectivity index (χ0) is 21.4. The van der Waals surface area contributed by atoms with Gasteiger partial charge < -0.3 is 15.4 Å². The molecule has 0 bridgehead atoms. The van der Waals surface area contributed by atoms with Gasteiger partial charge in [-0.05, 0) is 62.8 Å². The van der Waals surface area contributed by atoms with Crippen LogP contribution in [0.25, 0.3) is 17.0 Å². The molecular weight excluding hydrogens is 388 g/mol. The number of anilines is 1. The summed E-state index contributed by atoms with van der Waals surface area (Å²) in [4.78, 5) is 9.62. The van der Waals surface area contributed by atoms with E-state index in [4.69, 9.17) is 14.8 Å². The maximum Gasteiger partial charge on any atom is 0.157 e. The van der Waals surface area contributed by atoms with Gasteiger partial charge in [-0.1, -0.05) is 13.3 Å². The summed E-state index contributed by atoms with van der Waals surface area (Å²) < 4.78 is 7.53. The molecule has 0 radical (unpaired) electrons. The lowest BCUT2D eigenvalue weighted by Gasteiger charge is -2.19. The number of methoxy groups -OCH3 is 1. The van der Waals surface area contributed by atoms with Gasteiger partial charge in [-0.25, -0.2) is 14.5 Å². The van der Waals surface area contributed by atoms with Gasteiger partial charge in [0.1, 0.15) is 23.0 Å². The van der Waals surface area contributed by atoms with Crippen LogP contribution in [0.15, 0.2) is 24.4 Å². The van der Waals surface area contributed by atoms with Crippen molar-refractivity contribution >= 4 is 11.5 Å². The molecule has 0 saturated heterocycles. The topological polar surface area (TPSA) is 76.4 Å². The summed E-state index contributed by atoms with van der Waals surface area (Å²) in [6.07, 6.45) is 8.99. The van der Waals surface area contributed by atoms with Crippen molar-refractivity contribution in [1.29, 1.82) is 0 Å². The molecule has 0 amide bonds. The second-order valence-corrected chi connectivity index (χ2v) is 8.92. The number of aromatic nitrogens is 4. The van der Waals surface area contributed by atoms with E-state index < -0.39 is 0 Å². The van der Waals surface area contributed by atoms with Crippen LogP contribution in [0.2, 0.25) is 0 Å². The summed E-state index contributed by atoms with van der Waals surface area (Å²) in [6.45, 7) is 3.14. The molecule has 164 valence electrons. The van der Waals surface area contributed by atoms with E-state index >= 15 is 0 Å². The Kier molecular flexibility index (Phi) is 5.52. The van der Waals surface area contributed by atoms with Crippen molar-refractivity contribution in [2.24, 2.45) is 0 Å². The Morgan fingerprint density at radius 2 is 1.97 bits per heavy atom. The van der Waals surface area contributed by atoms with E-state index in [-0.39, 0.29) is 0 Å². The first-order valence-electron chi connectivity index (χ1n) is 11.6. The summed E-state index contributed by atoms with van der Waals surface area (Å²) in [6, 6.07) is 6.81. The van der Waals surface area contributed by atoms with Crippen molar-refractivity contribution in [3.05, 3.63) is 35.7 Å². The average Bonchev–Trinajstić information content (AvgIpc) is 3.69. The molecule has 2 N–H and O–H groups in total. The van der Waals surface area contributed by atoms with Gasteiger partial charge >= 0.3 is 0 Å². The van der Waals surface area contributed by atoms with E-state index in [2.05, 4.69) is 34.7 Å². The van der Waals surface area contributed by atoms with Gasteiger partial charge in [0.2, 0.25) is 0 Å². The van der Waals surface area contributed by atoms with E-state index in [1.54, 1.807) is 7.11 Å². The highest BCUT2D eigenvalue weighted by molar-refractivity contribution is 5.64. The molecule has 5 rings (SSSR count). The standard InChI is InChI=1S/C24H32N6O/c1-4-5-18(13-25-2)27-22-11-17(15-6-7-15)10-19(28-22)20-14-26-23-12-21(31-3)24(16-8-9-16)29-30(20)23/h10-12,14-16,18,25H,4-9,13H2,1-3H3,(H,27,28). The van der Waals surface area contributed by atoms with Crippen LogP contribution in [0.4, 0.5) is 5.82 Å². The van der Waals surface area contributed by atoms with E-state index in [0.717, 1.165) is 53.7 Å². The van der Waals surface area contributed by atoms with Crippen molar-refractivity contribution in [1.82, 2.24) is 24.9 Å². The van der Waals surface area contributed by atoms with E-state index in [1.807, 2.05) is 23.8 Å². The maximum absolute atomic E-state index is 5.59. The monoisotopic (exact) mass is 420 g/mol. The van der Waals surface area contributed by atoms with Gasteiger partial charge in [-0.15, -0.1) is 0 Å². The molecule has 1 atom stereocenters. The van der Waals surface area contributed by atoms with E-state index in [1.165, 1.54) is 31.2 Å². The number of hydrogen-bond acceptors (Lipinski definition) is 6. The van der Waals surface area contributed by atoms with Crippen molar-refractivity contribution in [3.63, 3.8) is 0 Å². The van der Waals surface area contributed by atoms with E-state index in [9.17, 15) is 0 Å². The molecule has 2 aliphatic carbocycles. The van der Waals surface area contributed by atoms with Crippen molar-refractivity contribution in [3.8, 4) is 17.1 Å². The van der Waals surface area contributed by atoms with Gasteiger partial charge in [-0.3, -0.25) is 0 Å². The van der Waals surface area contributed by atoms with Crippen LogP contribution < -0.4 is 15.4 Å². The number of pyridine rings is 1. The van der Waals surface area contributed by atoms with Crippen LogP contribution in [-0.4, -0.2) is 46.3 Å². The Labute approximate surface area is 183 Å². The Bertz CT molecular complexity index is 1060. The first-order chi connectivity index (χ1) is 15.2. The predicted molar refractivity (Wildman–Crippen MR) is 123 cm³/mol. The molecule has 2 saturated carbocycles. The third-order valence-corrected chi connectivity index (χ3v) is 6.27. The highest BCUT2D eigenvalue weighted by atomic mass is 16.5. The van der Waals surface area contributed by atoms with Crippen LogP contribution in [0, 0.1) is 0 Å². The molecule has 3 aromatic rings. The second-order valence-electron chi connectivity index (χ2n) is 8.92. The zero-order valence-electron chi connectivity index (χ0n) is 18.7. The van der Waals surface area contributed by atoms with Gasteiger partial charge in [0.15, 0.2) is 5.65 Å². The van der Waals surface area contributed by atoms with Crippen molar-refractivity contribution in [2.75, 3.05) is 26.0 Å². The fraction of sp³-hybridized carbons (Fsp3) is 0.542. The molecule has 3 heterocycles. The SMILES string of the molecule is CCCC(CNC)Nc1cc(C2CC2)cc(-c2cnc3cc(OC)c(C4CC4)nn23)n1. The summed E-state index contributed by atoms with van der Waals surface area (Å²) in [5.41, 5.74) is 5.05. The lowest BCUT2D eigenvalue weighted by atomic mass is 10.1. The van der Waals surface area contributed by atoms with Gasteiger partial charge in [-0.2, -0.15) is 5.10 Å². The lowest BCUT2D eigenvalue weighted by molar-refractivity contribution is 0.405. The van der Waals surface area contributed by atoms with Gasteiger partial charge in [0, 0.05) is 24.6 Å². The van der Waals surface area contributed by atoms with Crippen LogP contribution in [-0.2, 0) is 0 Å². The molecule has 3 aromatic heterocycles. The first-order valence-corrected chi connectivity index (χ1v) is 11.6. The number of hydrogen-bond donors (Lipinski definition) is 2. The number of imidazole rings is 1. The first kappa shape index (κ1) is 20.2. The molecule has 2 fully saturated rings. The Balaban J connectivity index is 1.55. The summed E-state index contributed by atoms with van der Waals surface area (Å²) in [5.74, 6) is 2.92. The van der Waals surface area contributed by atoms with Crippen molar-refractivity contribution < 1.29 is 4.74 Å². The third kappa shape index (κ3) is 4.24. The van der Waals surface area contributed by atoms with Crippen LogP contribution in [0.5, 0.6) is 5.75 Å². The van der Waals surface area contributed by atoms with Crippen LogP contribution in [0.3, 0.4) is 0 Å². The van der Waals surface area contributed by atoms with Gasteiger partial charge in [0.05, 0.1) is 19.0 Å². The Morgan fingerprint density at radius 3 is 2.65 bits per heavy atom. The molecule has 31 heavy (non-hydrogen) atoms. The third-order valence-electron chi connectivity index (χ3n) is 6.27. The minimum absolute atomic E-state index is 0.357. The molecular formula is C24H32N6O. The highest BCUT2D eigenvalue weighted by Crippen LogP contribution is 2.44. The quantitative estimate of drug-likeness (QED) is 0.508. The summed E-state index contributed by atoms with van der Waals surface area (Å²) >= 11 is 0. The Hall–Kier alpha value is -2.67. The molecule has 7 heteroatoms. The number of ether oxygens (including phenoxy) is 1. The minimum Gasteiger partial charge on any atom is -0.495 e. The fourth-order valence-electron chi connectivity index (χ4n) is 4.33. The average molecular weight is 421 g/mol. The minimum atomic E-state index is 0.357. The molecule has 1 unspecified atom stereocenters. The number of nitrogens with one attached hydrogen (secondary N) is 2. The zero-order valence-corrected chi connectivity index (χ0v) is 18.7. The number of likely N-dealkylation sites (N-methyl/N-ethyl adjacent to an activating group) is 1. The molecule has 0 aromatic carbocycles. The van der Waals surface area contributed by atoms with Crippen LogP contribution in [0.1, 0.15) is 68.5 Å². The number of fused-ring (bicyclic) bond motifs is 1. The van der Waals surface area contributed by atoms with Gasteiger partial charge in [0.25, 0.3) is 0 Å². The van der Waals surface area contributed by atoms with E-state index in [0.29, 0.717) is 17.9 Å². The molecule has 0 spiro atoms. The maximum atomic E-state index is 5.59. The van der Waals surface area contributed by atoms with Crippen LogP contribution >= 0.6 is 0 Å². The normalized spacial score (nSPS) is 17.1. The number of nitrogens with zero attached hydrogens (tertiary/aromatic N) is 4. The fourth-order valence-corrected chi connectivity index (χ4v) is 4.33. The van der Waals surface area contributed by atoms with Crippen molar-refractivity contribution in [2.45, 2.75) is 63.3 Å². The summed E-state index contributed by atoms with van der Waals surface area (Å²) in [7, 11) is 3.71. The molecule has 0 aliphatic heterocycles. The lowest BCUT2D eigenvalue weighted by Crippen LogP contribution is -2.31. The smallest absolute Gasteiger partial charge is 0.157 e. The second kappa shape index (κ2) is 8.46. The molecule has 2 aliphatic rings.